The Bertz CT molecular complexity index is 1400. The molecule has 33 heavy (non-hydrogen) atoms. The van der Waals surface area contributed by atoms with Gasteiger partial charge in [0.2, 0.25) is 0 Å². The molecule has 1 aromatic heterocycles. The summed E-state index contributed by atoms with van der Waals surface area (Å²) in [5.41, 5.74) is 1.42. The van der Waals surface area contributed by atoms with Crippen molar-refractivity contribution in [2.45, 2.75) is 20.7 Å². The SMILES string of the molecule is Cn1ccnc1Sc1ccc(Cl)cc1NC(=O)c1cccc(CS(=O)(=O)c2ccccc2)c1. The molecule has 9 heteroatoms. The third kappa shape index (κ3) is 5.65. The van der Waals surface area contributed by atoms with Crippen molar-refractivity contribution in [3.05, 3.63) is 101 Å². The lowest BCUT2D eigenvalue weighted by atomic mass is 10.1. The van der Waals surface area contributed by atoms with Gasteiger partial charge >= 0.3 is 0 Å². The van der Waals surface area contributed by atoms with E-state index in [0.717, 1.165) is 10.1 Å². The molecule has 6 nitrogen and oxygen atoms in total. The number of aryl methyl sites for hydroxylation is 1. The van der Waals surface area contributed by atoms with Crippen LogP contribution in [0.25, 0.3) is 0 Å². The van der Waals surface area contributed by atoms with Crippen LogP contribution in [0.3, 0.4) is 0 Å². The number of imidazole rings is 1. The largest absolute Gasteiger partial charge is 0.329 e. The van der Waals surface area contributed by atoms with Crippen LogP contribution >= 0.6 is 23.4 Å². The van der Waals surface area contributed by atoms with Crippen LogP contribution in [0.1, 0.15) is 15.9 Å². The Labute approximate surface area is 201 Å². The van der Waals surface area contributed by atoms with Gasteiger partial charge in [0.15, 0.2) is 15.0 Å². The maximum Gasteiger partial charge on any atom is 0.255 e. The maximum absolute atomic E-state index is 13.0. The van der Waals surface area contributed by atoms with Gasteiger partial charge in [0, 0.05) is 34.9 Å². The molecule has 1 N–H and O–H groups in total. The number of hydrogen-bond acceptors (Lipinski definition) is 5. The highest BCUT2D eigenvalue weighted by atomic mass is 35.5. The number of aromatic nitrogens is 2. The predicted molar refractivity (Wildman–Crippen MR) is 131 cm³/mol. The lowest BCUT2D eigenvalue weighted by Gasteiger charge is -2.12. The summed E-state index contributed by atoms with van der Waals surface area (Å²) in [6.45, 7) is 0. The quantitative estimate of drug-likeness (QED) is 0.367. The van der Waals surface area contributed by atoms with Crippen molar-refractivity contribution in [1.29, 1.82) is 0 Å². The zero-order valence-corrected chi connectivity index (χ0v) is 20.0. The van der Waals surface area contributed by atoms with E-state index in [-0.39, 0.29) is 16.6 Å². The number of rotatable bonds is 7. The van der Waals surface area contributed by atoms with Gasteiger partial charge in [0.1, 0.15) is 0 Å². The summed E-state index contributed by atoms with van der Waals surface area (Å²) < 4.78 is 27.3. The Morgan fingerprint density at radius 1 is 1.06 bits per heavy atom. The summed E-state index contributed by atoms with van der Waals surface area (Å²) in [6.07, 6.45) is 3.54. The highest BCUT2D eigenvalue weighted by molar-refractivity contribution is 7.99. The van der Waals surface area contributed by atoms with E-state index in [9.17, 15) is 13.2 Å². The average Bonchev–Trinajstić information content (AvgIpc) is 3.20. The zero-order chi connectivity index (χ0) is 23.4. The third-order valence-electron chi connectivity index (χ3n) is 4.82. The van der Waals surface area contributed by atoms with Crippen molar-refractivity contribution < 1.29 is 13.2 Å². The van der Waals surface area contributed by atoms with E-state index in [1.807, 2.05) is 23.9 Å². The van der Waals surface area contributed by atoms with E-state index in [1.54, 1.807) is 72.9 Å². The van der Waals surface area contributed by atoms with Crippen LogP contribution in [0.15, 0.2) is 100 Å². The standard InChI is InChI=1S/C24H20ClN3O3S2/c1-28-13-12-26-24(28)32-22-11-10-19(25)15-21(22)27-23(29)18-7-5-6-17(14-18)16-33(30,31)20-8-3-2-4-9-20/h2-15H,16H2,1H3,(H,27,29). The second kappa shape index (κ2) is 9.82. The Hall–Kier alpha value is -3.07. The van der Waals surface area contributed by atoms with Crippen molar-refractivity contribution in [3.8, 4) is 0 Å². The average molecular weight is 498 g/mol. The van der Waals surface area contributed by atoms with Gasteiger partial charge in [-0.25, -0.2) is 13.4 Å². The molecule has 0 aliphatic rings. The summed E-state index contributed by atoms with van der Waals surface area (Å²) >= 11 is 7.57. The summed E-state index contributed by atoms with van der Waals surface area (Å²) in [5, 5.41) is 4.14. The summed E-state index contributed by atoms with van der Waals surface area (Å²) in [4.78, 5) is 18.3. The first-order valence-corrected chi connectivity index (χ1v) is 12.8. The topological polar surface area (TPSA) is 81.1 Å². The summed E-state index contributed by atoms with van der Waals surface area (Å²) in [5.74, 6) is -0.562. The van der Waals surface area contributed by atoms with Crippen molar-refractivity contribution in [2.24, 2.45) is 7.05 Å². The molecule has 0 aliphatic carbocycles. The molecule has 1 amide bonds. The lowest BCUT2D eigenvalue weighted by Crippen LogP contribution is -2.13. The fourth-order valence-corrected chi connectivity index (χ4v) is 5.56. The lowest BCUT2D eigenvalue weighted by molar-refractivity contribution is 0.102. The fourth-order valence-electron chi connectivity index (χ4n) is 3.16. The van der Waals surface area contributed by atoms with Gasteiger partial charge < -0.3 is 9.88 Å². The molecule has 0 fully saturated rings. The van der Waals surface area contributed by atoms with Crippen molar-refractivity contribution in [1.82, 2.24) is 9.55 Å². The van der Waals surface area contributed by atoms with Crippen LogP contribution in [-0.2, 0) is 22.6 Å². The normalized spacial score (nSPS) is 11.3. The Morgan fingerprint density at radius 3 is 2.58 bits per heavy atom. The molecule has 0 spiro atoms. The van der Waals surface area contributed by atoms with Crippen molar-refractivity contribution in [2.75, 3.05) is 5.32 Å². The van der Waals surface area contributed by atoms with Crippen LogP contribution in [0, 0.1) is 0 Å². The predicted octanol–water partition coefficient (Wildman–Crippen LogP) is 5.45. The van der Waals surface area contributed by atoms with E-state index >= 15 is 0 Å². The van der Waals surface area contributed by atoms with E-state index in [4.69, 9.17) is 11.6 Å². The Kier molecular flexibility index (Phi) is 6.88. The number of nitrogens with one attached hydrogen (secondary N) is 1. The number of nitrogens with zero attached hydrogens (tertiary/aromatic N) is 2. The maximum atomic E-state index is 13.0. The van der Waals surface area contributed by atoms with Gasteiger partial charge in [-0.3, -0.25) is 4.79 Å². The highest BCUT2D eigenvalue weighted by Crippen LogP contribution is 2.34. The number of benzene rings is 3. The van der Waals surface area contributed by atoms with E-state index in [1.165, 1.54) is 11.8 Å². The number of amides is 1. The molecule has 1 heterocycles. The van der Waals surface area contributed by atoms with E-state index in [0.29, 0.717) is 21.8 Å². The summed E-state index contributed by atoms with van der Waals surface area (Å²) in [7, 11) is -1.63. The van der Waals surface area contributed by atoms with Crippen LogP contribution < -0.4 is 5.32 Å². The van der Waals surface area contributed by atoms with Crippen LogP contribution in [-0.4, -0.2) is 23.9 Å². The summed E-state index contributed by atoms with van der Waals surface area (Å²) in [6, 6.07) is 20.1. The molecular formula is C24H20ClN3O3S2. The number of carbonyl (C=O) groups is 1. The molecule has 0 atom stereocenters. The van der Waals surface area contributed by atoms with E-state index in [2.05, 4.69) is 10.3 Å². The van der Waals surface area contributed by atoms with Crippen molar-refractivity contribution in [3.63, 3.8) is 0 Å². The zero-order valence-electron chi connectivity index (χ0n) is 17.6. The van der Waals surface area contributed by atoms with Crippen LogP contribution in [0.5, 0.6) is 0 Å². The number of hydrogen-bond donors (Lipinski definition) is 1. The molecule has 0 saturated heterocycles. The smallest absolute Gasteiger partial charge is 0.255 e. The molecule has 0 bridgehead atoms. The van der Waals surface area contributed by atoms with Crippen LogP contribution in [0.4, 0.5) is 5.69 Å². The van der Waals surface area contributed by atoms with Gasteiger partial charge in [0.25, 0.3) is 5.91 Å². The number of halogens is 1. The first-order chi connectivity index (χ1) is 15.8. The van der Waals surface area contributed by atoms with E-state index < -0.39 is 9.84 Å². The molecule has 0 aliphatic heterocycles. The number of carbonyl (C=O) groups excluding carboxylic acids is 1. The van der Waals surface area contributed by atoms with Gasteiger partial charge in [-0.1, -0.05) is 41.9 Å². The first kappa shape index (κ1) is 23.1. The minimum Gasteiger partial charge on any atom is -0.329 e. The second-order valence-electron chi connectivity index (χ2n) is 7.29. The first-order valence-electron chi connectivity index (χ1n) is 9.95. The number of sulfone groups is 1. The molecule has 0 radical (unpaired) electrons. The fraction of sp³-hybridized carbons (Fsp3) is 0.0833. The molecule has 168 valence electrons. The van der Waals surface area contributed by atoms with Crippen LogP contribution in [0.2, 0.25) is 5.02 Å². The minimum absolute atomic E-state index is 0.199. The molecule has 0 unspecified atom stereocenters. The molecular weight excluding hydrogens is 478 g/mol. The molecule has 4 aromatic rings. The second-order valence-corrected chi connectivity index (χ2v) is 10.7. The Balaban J connectivity index is 1.55. The molecule has 0 saturated carbocycles. The van der Waals surface area contributed by atoms with Gasteiger partial charge in [-0.2, -0.15) is 0 Å². The minimum atomic E-state index is -3.52. The van der Waals surface area contributed by atoms with Gasteiger partial charge in [0.05, 0.1) is 16.3 Å². The monoisotopic (exact) mass is 497 g/mol. The highest BCUT2D eigenvalue weighted by Gasteiger charge is 2.17. The van der Waals surface area contributed by atoms with Gasteiger partial charge in [-0.15, -0.1) is 0 Å². The van der Waals surface area contributed by atoms with Crippen molar-refractivity contribution >= 4 is 44.8 Å². The van der Waals surface area contributed by atoms with Gasteiger partial charge in [-0.05, 0) is 59.8 Å². The third-order valence-corrected chi connectivity index (χ3v) is 7.91. The molecule has 3 aromatic carbocycles. The Morgan fingerprint density at radius 2 is 1.85 bits per heavy atom. The number of anilines is 1. The molecule has 4 rings (SSSR count).